The van der Waals surface area contributed by atoms with E-state index in [9.17, 15) is 9.59 Å². The zero-order valence-corrected chi connectivity index (χ0v) is 12.7. The highest BCUT2D eigenvalue weighted by molar-refractivity contribution is 6.39. The molecular weight excluding hydrogens is 304 g/mol. The van der Waals surface area contributed by atoms with Crippen LogP contribution in [0.5, 0.6) is 0 Å². The summed E-state index contributed by atoms with van der Waals surface area (Å²) in [7, 11) is 0. The number of halogens is 1. The first-order chi connectivity index (χ1) is 10.6. The standard InChI is InChI=1S/C15H13ClN4O2/c1-9-10(5-6-13(19-9)20-8-17-7-18-20)15(22)14-11(16)3-2-4-12(14)21/h5-8H,2-4H2,1H3. The highest BCUT2D eigenvalue weighted by Crippen LogP contribution is 2.28. The van der Waals surface area contributed by atoms with Gasteiger partial charge in [0.05, 0.1) is 11.3 Å². The third-order valence-electron chi connectivity index (χ3n) is 3.55. The molecule has 0 aromatic carbocycles. The molecule has 112 valence electrons. The van der Waals surface area contributed by atoms with Crippen molar-refractivity contribution in [3.8, 4) is 5.82 Å². The van der Waals surface area contributed by atoms with E-state index in [1.165, 1.54) is 17.3 Å². The number of nitrogens with zero attached hydrogens (tertiary/aromatic N) is 4. The Morgan fingerprint density at radius 2 is 2.14 bits per heavy atom. The molecule has 1 aliphatic rings. The summed E-state index contributed by atoms with van der Waals surface area (Å²) in [6.07, 6.45) is 4.55. The van der Waals surface area contributed by atoms with Crippen LogP contribution in [0.15, 0.2) is 35.4 Å². The Bertz CT molecular complexity index is 781. The quantitative estimate of drug-likeness (QED) is 0.642. The van der Waals surface area contributed by atoms with Crippen molar-refractivity contribution in [3.05, 3.63) is 46.7 Å². The van der Waals surface area contributed by atoms with E-state index in [0.29, 0.717) is 41.4 Å². The van der Waals surface area contributed by atoms with E-state index in [0.717, 1.165) is 0 Å². The normalized spacial score (nSPS) is 15.3. The molecule has 0 aliphatic heterocycles. The average molecular weight is 317 g/mol. The molecule has 0 saturated carbocycles. The fraction of sp³-hybridized carbons (Fsp3) is 0.267. The van der Waals surface area contributed by atoms with Crippen LogP contribution in [-0.2, 0) is 4.79 Å². The number of rotatable bonds is 3. The summed E-state index contributed by atoms with van der Waals surface area (Å²) in [5.74, 6) is 0.00689. The first-order valence-electron chi connectivity index (χ1n) is 6.87. The van der Waals surface area contributed by atoms with Gasteiger partial charge in [-0.3, -0.25) is 9.59 Å². The van der Waals surface area contributed by atoms with E-state index in [1.807, 2.05) is 0 Å². The molecular formula is C15H13ClN4O2. The van der Waals surface area contributed by atoms with E-state index in [4.69, 9.17) is 11.6 Å². The van der Waals surface area contributed by atoms with Crippen LogP contribution in [0.3, 0.4) is 0 Å². The molecule has 0 amide bonds. The topological polar surface area (TPSA) is 77.7 Å². The molecule has 6 nitrogen and oxygen atoms in total. The summed E-state index contributed by atoms with van der Waals surface area (Å²) in [6.45, 7) is 1.72. The number of carbonyl (C=O) groups is 2. The molecule has 0 N–H and O–H groups in total. The molecule has 2 aromatic heterocycles. The van der Waals surface area contributed by atoms with Crippen molar-refractivity contribution >= 4 is 23.2 Å². The van der Waals surface area contributed by atoms with Gasteiger partial charge in [-0.25, -0.2) is 14.6 Å². The maximum atomic E-state index is 12.6. The van der Waals surface area contributed by atoms with Crippen molar-refractivity contribution in [2.75, 3.05) is 0 Å². The molecule has 1 aliphatic carbocycles. The summed E-state index contributed by atoms with van der Waals surface area (Å²) in [4.78, 5) is 32.8. The second-order valence-corrected chi connectivity index (χ2v) is 5.48. The minimum Gasteiger partial charge on any atom is -0.294 e. The van der Waals surface area contributed by atoms with Crippen LogP contribution in [0.1, 0.15) is 35.3 Å². The molecule has 3 rings (SSSR count). The highest BCUT2D eigenvalue weighted by atomic mass is 35.5. The van der Waals surface area contributed by atoms with Crippen molar-refractivity contribution in [1.82, 2.24) is 19.7 Å². The van der Waals surface area contributed by atoms with Gasteiger partial charge in [0.15, 0.2) is 17.4 Å². The van der Waals surface area contributed by atoms with Crippen LogP contribution in [-0.4, -0.2) is 31.3 Å². The maximum absolute atomic E-state index is 12.6. The number of allylic oxidation sites excluding steroid dienone is 2. The fourth-order valence-electron chi connectivity index (χ4n) is 2.43. The average Bonchev–Trinajstić information content (AvgIpc) is 3.01. The van der Waals surface area contributed by atoms with Gasteiger partial charge in [0.25, 0.3) is 0 Å². The zero-order valence-electron chi connectivity index (χ0n) is 11.9. The second-order valence-electron chi connectivity index (χ2n) is 5.03. The van der Waals surface area contributed by atoms with Crippen molar-refractivity contribution in [3.63, 3.8) is 0 Å². The lowest BCUT2D eigenvalue weighted by atomic mass is 9.91. The lowest BCUT2D eigenvalue weighted by Gasteiger charge is -2.15. The smallest absolute Gasteiger partial charge is 0.199 e. The molecule has 7 heteroatoms. The lowest BCUT2D eigenvalue weighted by Crippen LogP contribution is -2.19. The van der Waals surface area contributed by atoms with Gasteiger partial charge >= 0.3 is 0 Å². The molecule has 0 saturated heterocycles. The number of carbonyl (C=O) groups excluding carboxylic acids is 2. The molecule has 0 unspecified atom stereocenters. The van der Waals surface area contributed by atoms with Gasteiger partial charge in [0.1, 0.15) is 12.7 Å². The Hall–Kier alpha value is -2.34. The SMILES string of the molecule is Cc1nc(-n2cncn2)ccc1C(=O)C1=C(Cl)CCCC1=O. The van der Waals surface area contributed by atoms with Crippen molar-refractivity contribution in [1.29, 1.82) is 0 Å². The molecule has 0 radical (unpaired) electrons. The summed E-state index contributed by atoms with van der Waals surface area (Å²) in [5.41, 5.74) is 1.01. The molecule has 0 fully saturated rings. The van der Waals surface area contributed by atoms with Crippen molar-refractivity contribution in [2.45, 2.75) is 26.2 Å². The van der Waals surface area contributed by atoms with Crippen LogP contribution in [0, 0.1) is 6.92 Å². The van der Waals surface area contributed by atoms with Gasteiger partial charge in [-0.05, 0) is 31.9 Å². The fourth-order valence-corrected chi connectivity index (χ4v) is 2.76. The Morgan fingerprint density at radius 1 is 1.32 bits per heavy atom. The minimum absolute atomic E-state index is 0.103. The van der Waals surface area contributed by atoms with Gasteiger partial charge in [-0.15, -0.1) is 0 Å². The maximum Gasteiger partial charge on any atom is 0.199 e. The molecule has 22 heavy (non-hydrogen) atoms. The Labute approximate surface area is 131 Å². The third kappa shape index (κ3) is 2.57. The first kappa shape index (κ1) is 14.6. The highest BCUT2D eigenvalue weighted by Gasteiger charge is 2.27. The van der Waals surface area contributed by atoms with Crippen LogP contribution >= 0.6 is 11.6 Å². The number of ketones is 2. The minimum atomic E-state index is -0.357. The largest absolute Gasteiger partial charge is 0.294 e. The summed E-state index contributed by atoms with van der Waals surface area (Å²) >= 11 is 6.08. The summed E-state index contributed by atoms with van der Waals surface area (Å²) in [5, 5.41) is 4.34. The molecule has 0 spiro atoms. The molecule has 0 atom stereocenters. The summed E-state index contributed by atoms with van der Waals surface area (Å²) in [6, 6.07) is 3.30. The number of pyridine rings is 1. The van der Waals surface area contributed by atoms with E-state index in [-0.39, 0.29) is 17.1 Å². The van der Waals surface area contributed by atoms with Gasteiger partial charge < -0.3 is 0 Å². The number of aryl methyl sites for hydroxylation is 1. The predicted molar refractivity (Wildman–Crippen MR) is 80.0 cm³/mol. The van der Waals surface area contributed by atoms with Gasteiger partial charge in [-0.2, -0.15) is 5.10 Å². The van der Waals surface area contributed by atoms with E-state index in [2.05, 4.69) is 15.1 Å². The summed E-state index contributed by atoms with van der Waals surface area (Å²) < 4.78 is 1.50. The number of aromatic nitrogens is 4. The van der Waals surface area contributed by atoms with E-state index < -0.39 is 0 Å². The van der Waals surface area contributed by atoms with Crippen LogP contribution < -0.4 is 0 Å². The number of Topliss-reactive ketones (excluding diaryl/α,β-unsaturated/α-hetero) is 2. The van der Waals surface area contributed by atoms with E-state index in [1.54, 1.807) is 19.1 Å². The third-order valence-corrected chi connectivity index (χ3v) is 3.92. The van der Waals surface area contributed by atoms with Crippen molar-refractivity contribution in [2.24, 2.45) is 0 Å². The van der Waals surface area contributed by atoms with Crippen LogP contribution in [0.2, 0.25) is 0 Å². The zero-order chi connectivity index (χ0) is 15.7. The van der Waals surface area contributed by atoms with Gasteiger partial charge in [0.2, 0.25) is 0 Å². The van der Waals surface area contributed by atoms with Crippen LogP contribution in [0.4, 0.5) is 0 Å². The first-order valence-corrected chi connectivity index (χ1v) is 7.25. The Balaban J connectivity index is 1.99. The predicted octanol–water partition coefficient (Wildman–Crippen LogP) is 2.40. The lowest BCUT2D eigenvalue weighted by molar-refractivity contribution is -0.115. The second kappa shape index (κ2) is 5.81. The molecule has 2 aromatic rings. The van der Waals surface area contributed by atoms with Crippen molar-refractivity contribution < 1.29 is 9.59 Å². The molecule has 2 heterocycles. The number of hydrogen-bond donors (Lipinski definition) is 0. The Kier molecular flexibility index (Phi) is 3.85. The van der Waals surface area contributed by atoms with Gasteiger partial charge in [-0.1, -0.05) is 11.6 Å². The number of hydrogen-bond acceptors (Lipinski definition) is 5. The van der Waals surface area contributed by atoms with Gasteiger partial charge in [0, 0.05) is 17.0 Å². The van der Waals surface area contributed by atoms with E-state index >= 15 is 0 Å². The monoisotopic (exact) mass is 316 g/mol. The van der Waals surface area contributed by atoms with Crippen LogP contribution in [0.25, 0.3) is 5.82 Å². The Morgan fingerprint density at radius 3 is 2.77 bits per heavy atom. The molecule has 0 bridgehead atoms.